The van der Waals surface area contributed by atoms with Crippen LogP contribution in [0.5, 0.6) is 0 Å². The van der Waals surface area contributed by atoms with E-state index in [1.807, 2.05) is 12.1 Å². The molecule has 1 saturated carbocycles. The highest BCUT2D eigenvalue weighted by atomic mass is 19.4. The van der Waals surface area contributed by atoms with Crippen LogP contribution in [0.3, 0.4) is 0 Å². The Hall–Kier alpha value is -2.07. The molecule has 0 radical (unpaired) electrons. The van der Waals surface area contributed by atoms with E-state index in [4.69, 9.17) is 19.1 Å². The lowest BCUT2D eigenvalue weighted by Gasteiger charge is -2.35. The van der Waals surface area contributed by atoms with Gasteiger partial charge in [0.15, 0.2) is 0 Å². The first-order chi connectivity index (χ1) is 13.7. The number of likely N-dealkylation sites (tertiary alicyclic amines) is 1. The Balaban J connectivity index is 0.000000298. The van der Waals surface area contributed by atoms with E-state index in [-0.39, 0.29) is 18.1 Å². The number of nitrogens with one attached hydrogen (secondary N) is 1. The molecule has 2 aliphatic heterocycles. The molecule has 29 heavy (non-hydrogen) atoms. The van der Waals surface area contributed by atoms with Gasteiger partial charge in [0.25, 0.3) is 0 Å². The van der Waals surface area contributed by atoms with Crippen LogP contribution in [-0.4, -0.2) is 59.4 Å². The van der Waals surface area contributed by atoms with Gasteiger partial charge in [0.2, 0.25) is 5.91 Å². The molecule has 0 aromatic carbocycles. The third-order valence-corrected chi connectivity index (χ3v) is 5.40. The fraction of sp³-hybridized carbons (Fsp3) is 0.684. The molecular weight excluding hydrogens is 393 g/mol. The Morgan fingerprint density at radius 1 is 1.21 bits per heavy atom. The second-order valence-corrected chi connectivity index (χ2v) is 7.63. The number of alkyl halides is 3. The molecular formula is C19H25F3N2O5. The minimum absolute atomic E-state index is 0.00417. The number of hydrogen-bond acceptors (Lipinski definition) is 5. The molecule has 0 bridgehead atoms. The summed E-state index contributed by atoms with van der Waals surface area (Å²) in [7, 11) is 0. The summed E-state index contributed by atoms with van der Waals surface area (Å²) in [6.07, 6.45) is 2.25. The van der Waals surface area contributed by atoms with Crippen molar-refractivity contribution in [3.63, 3.8) is 0 Å². The number of nitrogens with zero attached hydrogens (tertiary/aromatic N) is 1. The Bertz CT molecular complexity index is 691. The molecule has 3 atom stereocenters. The zero-order chi connectivity index (χ0) is 21.0. The third kappa shape index (κ3) is 6.20. The van der Waals surface area contributed by atoms with E-state index in [1.165, 1.54) is 19.4 Å². The standard InChI is InChI=1S/C17H24N2O3.C2HF3O2/c20-17(18-10-13-2-1-9-21-13)16-6-5-14-15(22-16)7-8-19(14)11-12-3-4-12;3-2(4,5)1(6)7/h1-2,9,12,14-16H,3-8,10-11H2,(H,18,20);(H,6,7)/t14-,15-,16-;/m1./s1. The summed E-state index contributed by atoms with van der Waals surface area (Å²) in [5.74, 6) is -1.06. The maximum atomic E-state index is 12.3. The third-order valence-electron chi connectivity index (χ3n) is 5.40. The summed E-state index contributed by atoms with van der Waals surface area (Å²) in [5, 5.41) is 10.0. The van der Waals surface area contributed by atoms with Crippen LogP contribution in [0, 0.1) is 5.92 Å². The van der Waals surface area contributed by atoms with Gasteiger partial charge in [-0.15, -0.1) is 0 Å². The number of carboxylic acids is 1. The van der Waals surface area contributed by atoms with Crippen molar-refractivity contribution in [3.05, 3.63) is 24.2 Å². The number of furan rings is 1. The van der Waals surface area contributed by atoms with Gasteiger partial charge in [0.05, 0.1) is 18.9 Å². The molecule has 3 aliphatic rings. The molecule has 1 aliphatic carbocycles. The smallest absolute Gasteiger partial charge is 0.475 e. The van der Waals surface area contributed by atoms with Crippen LogP contribution in [0.25, 0.3) is 0 Å². The second-order valence-electron chi connectivity index (χ2n) is 7.63. The van der Waals surface area contributed by atoms with Crippen LogP contribution in [0.4, 0.5) is 13.2 Å². The SMILES string of the molecule is O=C(NCc1ccco1)[C@H]1CC[C@@H]2[C@@H](CCN2CC2CC2)O1.O=C(O)C(F)(F)F. The Morgan fingerprint density at radius 3 is 2.52 bits per heavy atom. The van der Waals surface area contributed by atoms with E-state index in [9.17, 15) is 18.0 Å². The van der Waals surface area contributed by atoms with E-state index < -0.39 is 12.1 Å². The second kappa shape index (κ2) is 9.17. The molecule has 1 amide bonds. The molecule has 10 heteroatoms. The molecule has 1 aromatic rings. The van der Waals surface area contributed by atoms with Crippen LogP contribution in [0.2, 0.25) is 0 Å². The zero-order valence-electron chi connectivity index (χ0n) is 15.9. The topological polar surface area (TPSA) is 92.0 Å². The predicted octanol–water partition coefficient (Wildman–Crippen LogP) is 2.56. The van der Waals surface area contributed by atoms with Crippen LogP contribution < -0.4 is 5.32 Å². The summed E-state index contributed by atoms with van der Waals surface area (Å²) in [5.41, 5.74) is 0. The molecule has 2 N–H and O–H groups in total. The number of aliphatic carboxylic acids is 1. The molecule has 4 rings (SSSR count). The van der Waals surface area contributed by atoms with Gasteiger partial charge in [-0.1, -0.05) is 0 Å². The number of hydrogen-bond donors (Lipinski definition) is 2. The number of carboxylic acid groups (broad SMARTS) is 1. The van der Waals surface area contributed by atoms with E-state index in [2.05, 4.69) is 10.2 Å². The van der Waals surface area contributed by atoms with Gasteiger partial charge < -0.3 is 19.6 Å². The molecule has 3 fully saturated rings. The van der Waals surface area contributed by atoms with Gasteiger partial charge in [-0.25, -0.2) is 4.79 Å². The van der Waals surface area contributed by atoms with Crippen molar-refractivity contribution in [1.82, 2.24) is 10.2 Å². The molecule has 0 unspecified atom stereocenters. The molecule has 1 aromatic heterocycles. The quantitative estimate of drug-likeness (QED) is 0.764. The minimum atomic E-state index is -5.08. The number of amides is 1. The summed E-state index contributed by atoms with van der Waals surface area (Å²) >= 11 is 0. The number of halogens is 3. The van der Waals surface area contributed by atoms with Gasteiger partial charge in [0.1, 0.15) is 11.9 Å². The number of rotatable bonds is 5. The zero-order valence-corrected chi connectivity index (χ0v) is 15.9. The highest BCUT2D eigenvalue weighted by Gasteiger charge is 2.43. The van der Waals surface area contributed by atoms with Crippen LogP contribution in [-0.2, 0) is 20.9 Å². The summed E-state index contributed by atoms with van der Waals surface area (Å²) in [6, 6.07) is 4.23. The van der Waals surface area contributed by atoms with Gasteiger partial charge in [0, 0.05) is 19.1 Å². The maximum Gasteiger partial charge on any atom is 0.490 e. The highest BCUT2D eigenvalue weighted by molar-refractivity contribution is 5.80. The minimum Gasteiger partial charge on any atom is -0.475 e. The lowest BCUT2D eigenvalue weighted by molar-refractivity contribution is -0.192. The average Bonchev–Trinajstić information content (AvgIpc) is 3.16. The van der Waals surface area contributed by atoms with Crippen molar-refractivity contribution in [3.8, 4) is 0 Å². The largest absolute Gasteiger partial charge is 0.490 e. The highest BCUT2D eigenvalue weighted by Crippen LogP contribution is 2.36. The van der Waals surface area contributed by atoms with E-state index in [1.54, 1.807) is 6.26 Å². The molecule has 0 spiro atoms. The lowest BCUT2D eigenvalue weighted by Crippen LogP contribution is -2.48. The van der Waals surface area contributed by atoms with E-state index in [0.717, 1.165) is 37.5 Å². The number of carbonyl (C=O) groups excluding carboxylic acids is 1. The number of fused-ring (bicyclic) bond motifs is 1. The normalized spacial score (nSPS) is 26.9. The number of ether oxygens (including phenoxy) is 1. The lowest BCUT2D eigenvalue weighted by atomic mass is 9.98. The average molecular weight is 418 g/mol. The van der Waals surface area contributed by atoms with Crippen molar-refractivity contribution in [2.24, 2.45) is 5.92 Å². The van der Waals surface area contributed by atoms with Crippen molar-refractivity contribution < 1.29 is 37.0 Å². The Morgan fingerprint density at radius 2 is 1.93 bits per heavy atom. The van der Waals surface area contributed by atoms with Crippen molar-refractivity contribution in [1.29, 1.82) is 0 Å². The van der Waals surface area contributed by atoms with Gasteiger partial charge in [-0.3, -0.25) is 9.69 Å². The maximum absolute atomic E-state index is 12.3. The summed E-state index contributed by atoms with van der Waals surface area (Å²) in [4.78, 5) is 23.8. The van der Waals surface area contributed by atoms with E-state index >= 15 is 0 Å². The first kappa shape index (κ1) is 21.6. The van der Waals surface area contributed by atoms with Crippen molar-refractivity contribution in [2.75, 3.05) is 13.1 Å². The summed E-state index contributed by atoms with van der Waals surface area (Å²) < 4.78 is 43.1. The first-order valence-electron chi connectivity index (χ1n) is 9.73. The fourth-order valence-electron chi connectivity index (χ4n) is 3.77. The first-order valence-corrected chi connectivity index (χ1v) is 9.73. The van der Waals surface area contributed by atoms with Crippen molar-refractivity contribution >= 4 is 11.9 Å². The summed E-state index contributed by atoms with van der Waals surface area (Å²) in [6.45, 7) is 2.81. The van der Waals surface area contributed by atoms with Crippen molar-refractivity contribution in [2.45, 2.75) is 63.1 Å². The van der Waals surface area contributed by atoms with E-state index in [0.29, 0.717) is 12.6 Å². The molecule has 7 nitrogen and oxygen atoms in total. The molecule has 3 heterocycles. The van der Waals surface area contributed by atoms with Gasteiger partial charge in [-0.05, 0) is 50.2 Å². The van der Waals surface area contributed by atoms with Gasteiger partial charge in [-0.2, -0.15) is 13.2 Å². The molecule has 2 saturated heterocycles. The number of carbonyl (C=O) groups is 2. The fourth-order valence-corrected chi connectivity index (χ4v) is 3.77. The molecule has 162 valence electrons. The van der Waals surface area contributed by atoms with Gasteiger partial charge >= 0.3 is 12.1 Å². The van der Waals surface area contributed by atoms with Crippen LogP contribution in [0.15, 0.2) is 22.8 Å². The Kier molecular flexibility index (Phi) is 6.84. The Labute approximate surface area is 166 Å². The van der Waals surface area contributed by atoms with Crippen LogP contribution in [0.1, 0.15) is 37.9 Å². The predicted molar refractivity (Wildman–Crippen MR) is 94.8 cm³/mol. The monoisotopic (exact) mass is 418 g/mol. The van der Waals surface area contributed by atoms with Crippen LogP contribution >= 0.6 is 0 Å².